The maximum Gasteiger partial charge on any atom is 0.0624 e. The molecular weight excluding hydrogens is 170 g/mol. The van der Waals surface area contributed by atoms with Gasteiger partial charge in [-0.2, -0.15) is 0 Å². The molecule has 0 saturated heterocycles. The predicted octanol–water partition coefficient (Wildman–Crippen LogP) is 3.39. The van der Waals surface area contributed by atoms with Gasteiger partial charge >= 0.3 is 0 Å². The number of benzene rings is 1. The summed E-state index contributed by atoms with van der Waals surface area (Å²) in [6.07, 6.45) is 3.61. The summed E-state index contributed by atoms with van der Waals surface area (Å²) in [7, 11) is 0. The molecule has 14 heavy (non-hydrogen) atoms. The molecule has 0 unspecified atom stereocenters. The molecule has 1 nitrogen and oxygen atoms in total. The predicted molar refractivity (Wildman–Crippen MR) is 59.8 cm³/mol. The first-order valence-electron chi connectivity index (χ1n) is 4.54. The molecule has 0 aliphatic heterocycles. The monoisotopic (exact) mass is 181 g/mol. The van der Waals surface area contributed by atoms with Crippen LogP contribution in [0.2, 0.25) is 0 Å². The molecule has 0 bridgehead atoms. The van der Waals surface area contributed by atoms with Gasteiger partial charge in [-0.05, 0) is 17.7 Å². The Kier molecular flexibility index (Phi) is 2.41. The Labute approximate surface area is 83.7 Å². The van der Waals surface area contributed by atoms with Crippen LogP contribution in [0, 0.1) is 0 Å². The number of pyridine rings is 1. The fourth-order valence-corrected chi connectivity index (χ4v) is 1.33. The first-order valence-corrected chi connectivity index (χ1v) is 4.54. The van der Waals surface area contributed by atoms with Crippen LogP contribution in [-0.4, -0.2) is 4.98 Å². The lowest BCUT2D eigenvalue weighted by Crippen LogP contribution is -1.82. The van der Waals surface area contributed by atoms with Gasteiger partial charge in [0.05, 0.1) is 5.69 Å². The highest BCUT2D eigenvalue weighted by molar-refractivity contribution is 5.63. The zero-order valence-electron chi connectivity index (χ0n) is 7.85. The summed E-state index contributed by atoms with van der Waals surface area (Å²) < 4.78 is 0. The molecule has 0 aliphatic rings. The van der Waals surface area contributed by atoms with Gasteiger partial charge in [-0.25, -0.2) is 0 Å². The van der Waals surface area contributed by atoms with Crippen molar-refractivity contribution in [1.82, 2.24) is 4.98 Å². The Morgan fingerprint density at radius 3 is 2.29 bits per heavy atom. The van der Waals surface area contributed by atoms with Crippen molar-refractivity contribution in [3.05, 3.63) is 60.9 Å². The Morgan fingerprint density at radius 1 is 0.929 bits per heavy atom. The summed E-state index contributed by atoms with van der Waals surface area (Å²) >= 11 is 0. The highest BCUT2D eigenvalue weighted by atomic mass is 14.7. The van der Waals surface area contributed by atoms with Crippen LogP contribution in [0.4, 0.5) is 0 Å². The van der Waals surface area contributed by atoms with Gasteiger partial charge in [-0.15, -0.1) is 0 Å². The van der Waals surface area contributed by atoms with Crippen LogP contribution in [-0.2, 0) is 0 Å². The van der Waals surface area contributed by atoms with E-state index in [2.05, 4.69) is 29.8 Å². The molecule has 0 N–H and O–H groups in total. The van der Waals surface area contributed by atoms with E-state index in [0.29, 0.717) is 0 Å². The standard InChI is InChI=1S/C13H11N/c1-2-13-9-8-12(10-14-13)11-6-4-3-5-7-11/h2-10H,1H2. The van der Waals surface area contributed by atoms with Crippen molar-refractivity contribution in [3.8, 4) is 11.1 Å². The molecule has 0 aliphatic carbocycles. The van der Waals surface area contributed by atoms with E-state index in [0.717, 1.165) is 11.3 Å². The summed E-state index contributed by atoms with van der Waals surface area (Å²) in [5.41, 5.74) is 3.23. The molecular formula is C13H11N. The van der Waals surface area contributed by atoms with E-state index >= 15 is 0 Å². The molecule has 1 aromatic carbocycles. The summed E-state index contributed by atoms with van der Waals surface area (Å²) in [4.78, 5) is 4.26. The van der Waals surface area contributed by atoms with Crippen LogP contribution >= 0.6 is 0 Å². The maximum atomic E-state index is 4.26. The van der Waals surface area contributed by atoms with Gasteiger partial charge in [0.25, 0.3) is 0 Å². The fourth-order valence-electron chi connectivity index (χ4n) is 1.33. The zero-order valence-corrected chi connectivity index (χ0v) is 7.85. The van der Waals surface area contributed by atoms with Crippen molar-refractivity contribution in [3.63, 3.8) is 0 Å². The first-order chi connectivity index (χ1) is 6.90. The van der Waals surface area contributed by atoms with Gasteiger partial charge in [0.2, 0.25) is 0 Å². The largest absolute Gasteiger partial charge is 0.256 e. The van der Waals surface area contributed by atoms with E-state index in [1.807, 2.05) is 30.5 Å². The summed E-state index contributed by atoms with van der Waals surface area (Å²) in [6.45, 7) is 3.67. The van der Waals surface area contributed by atoms with Crippen molar-refractivity contribution in [2.75, 3.05) is 0 Å². The third-order valence-electron chi connectivity index (χ3n) is 2.10. The lowest BCUT2D eigenvalue weighted by atomic mass is 10.1. The highest BCUT2D eigenvalue weighted by Crippen LogP contribution is 2.17. The Bertz CT molecular complexity index is 415. The zero-order chi connectivity index (χ0) is 9.80. The molecule has 0 atom stereocenters. The van der Waals surface area contributed by atoms with Crippen LogP contribution in [0.5, 0.6) is 0 Å². The van der Waals surface area contributed by atoms with Crippen LogP contribution in [0.3, 0.4) is 0 Å². The average Bonchev–Trinajstić information content (AvgIpc) is 2.30. The second kappa shape index (κ2) is 3.88. The number of nitrogens with zero attached hydrogens (tertiary/aromatic N) is 1. The molecule has 1 aromatic heterocycles. The Morgan fingerprint density at radius 2 is 1.71 bits per heavy atom. The van der Waals surface area contributed by atoms with Gasteiger partial charge in [-0.3, -0.25) is 4.98 Å². The minimum absolute atomic E-state index is 0.907. The van der Waals surface area contributed by atoms with Crippen molar-refractivity contribution in [2.24, 2.45) is 0 Å². The van der Waals surface area contributed by atoms with Crippen LogP contribution < -0.4 is 0 Å². The third kappa shape index (κ3) is 1.72. The second-order valence-corrected chi connectivity index (χ2v) is 3.04. The van der Waals surface area contributed by atoms with Crippen LogP contribution in [0.15, 0.2) is 55.2 Å². The summed E-state index contributed by atoms with van der Waals surface area (Å²) in [5.74, 6) is 0. The van der Waals surface area contributed by atoms with Crippen LogP contribution in [0.1, 0.15) is 5.69 Å². The minimum atomic E-state index is 0.907. The maximum absolute atomic E-state index is 4.26. The average molecular weight is 181 g/mol. The molecule has 2 aromatic rings. The van der Waals surface area contributed by atoms with Crippen molar-refractivity contribution >= 4 is 6.08 Å². The Balaban J connectivity index is 2.39. The smallest absolute Gasteiger partial charge is 0.0624 e. The first kappa shape index (κ1) is 8.70. The quantitative estimate of drug-likeness (QED) is 0.692. The molecule has 0 fully saturated rings. The summed E-state index contributed by atoms with van der Waals surface area (Å²) in [6, 6.07) is 14.2. The molecule has 0 amide bonds. The van der Waals surface area contributed by atoms with E-state index in [-0.39, 0.29) is 0 Å². The van der Waals surface area contributed by atoms with E-state index in [1.54, 1.807) is 6.08 Å². The van der Waals surface area contributed by atoms with E-state index in [1.165, 1.54) is 5.56 Å². The Hall–Kier alpha value is -1.89. The van der Waals surface area contributed by atoms with E-state index in [4.69, 9.17) is 0 Å². The normalized spacial score (nSPS) is 9.71. The number of hydrogen-bond acceptors (Lipinski definition) is 1. The molecule has 1 heteroatoms. The van der Waals surface area contributed by atoms with E-state index < -0.39 is 0 Å². The number of hydrogen-bond donors (Lipinski definition) is 0. The molecule has 0 saturated carbocycles. The second-order valence-electron chi connectivity index (χ2n) is 3.04. The number of aromatic nitrogens is 1. The van der Waals surface area contributed by atoms with Crippen LogP contribution in [0.25, 0.3) is 17.2 Å². The van der Waals surface area contributed by atoms with Gasteiger partial charge in [-0.1, -0.05) is 43.0 Å². The van der Waals surface area contributed by atoms with Gasteiger partial charge < -0.3 is 0 Å². The minimum Gasteiger partial charge on any atom is -0.256 e. The molecule has 2 rings (SSSR count). The van der Waals surface area contributed by atoms with Gasteiger partial charge in [0.15, 0.2) is 0 Å². The molecule has 0 spiro atoms. The third-order valence-corrected chi connectivity index (χ3v) is 2.10. The van der Waals surface area contributed by atoms with Crippen molar-refractivity contribution < 1.29 is 0 Å². The SMILES string of the molecule is C=Cc1ccc(-c2ccccc2)cn1. The molecule has 0 radical (unpaired) electrons. The van der Waals surface area contributed by atoms with Gasteiger partial charge in [0.1, 0.15) is 0 Å². The van der Waals surface area contributed by atoms with Crippen molar-refractivity contribution in [1.29, 1.82) is 0 Å². The number of rotatable bonds is 2. The fraction of sp³-hybridized carbons (Fsp3) is 0. The topological polar surface area (TPSA) is 12.9 Å². The lowest BCUT2D eigenvalue weighted by Gasteiger charge is -2.00. The van der Waals surface area contributed by atoms with E-state index in [9.17, 15) is 0 Å². The lowest BCUT2D eigenvalue weighted by molar-refractivity contribution is 1.30. The van der Waals surface area contributed by atoms with Gasteiger partial charge in [0, 0.05) is 11.8 Å². The summed E-state index contributed by atoms with van der Waals surface area (Å²) in [5, 5.41) is 0. The molecule has 68 valence electrons. The molecule has 1 heterocycles. The van der Waals surface area contributed by atoms with Crippen molar-refractivity contribution in [2.45, 2.75) is 0 Å². The highest BCUT2D eigenvalue weighted by Gasteiger charge is 1.95.